The second-order valence-corrected chi connectivity index (χ2v) is 6.02. The summed E-state index contributed by atoms with van der Waals surface area (Å²) in [5.74, 6) is -0.682. The van der Waals surface area contributed by atoms with Gasteiger partial charge in [0.1, 0.15) is 5.58 Å². The number of phenolic OH excluding ortho intramolecular Hbond substituents is 1. The standard InChI is InChI=1S/C17H11Cl2NO4/c1-8-4-15(21)24-14-5-9(2-3-11(8)14)17(23)20-10-6-12(18)16(22)13(19)7-10/h2-7,22H,1H3,(H,20,23). The predicted molar refractivity (Wildman–Crippen MR) is 93.3 cm³/mol. The Labute approximate surface area is 146 Å². The van der Waals surface area contributed by atoms with Crippen LogP contribution in [-0.4, -0.2) is 11.0 Å². The van der Waals surface area contributed by atoms with Crippen molar-refractivity contribution in [1.29, 1.82) is 0 Å². The minimum absolute atomic E-state index is 0.0259. The molecule has 0 spiro atoms. The quantitative estimate of drug-likeness (QED) is 0.523. The highest BCUT2D eigenvalue weighted by atomic mass is 35.5. The van der Waals surface area contributed by atoms with Gasteiger partial charge in [0.05, 0.1) is 10.0 Å². The van der Waals surface area contributed by atoms with Crippen LogP contribution in [0.2, 0.25) is 10.0 Å². The third-order valence-electron chi connectivity index (χ3n) is 3.49. The minimum atomic E-state index is -0.477. The van der Waals surface area contributed by atoms with E-state index in [4.69, 9.17) is 27.6 Å². The minimum Gasteiger partial charge on any atom is -0.505 e. The van der Waals surface area contributed by atoms with Gasteiger partial charge in [-0.2, -0.15) is 0 Å². The molecule has 3 rings (SSSR count). The number of aromatic hydroxyl groups is 1. The number of phenols is 1. The number of benzene rings is 2. The molecule has 0 saturated heterocycles. The van der Waals surface area contributed by atoms with Crippen molar-refractivity contribution in [1.82, 2.24) is 0 Å². The average Bonchev–Trinajstić information content (AvgIpc) is 2.51. The zero-order valence-electron chi connectivity index (χ0n) is 12.4. The highest BCUT2D eigenvalue weighted by molar-refractivity contribution is 6.37. The topological polar surface area (TPSA) is 79.5 Å². The third-order valence-corrected chi connectivity index (χ3v) is 4.06. The fourth-order valence-corrected chi connectivity index (χ4v) is 2.79. The van der Waals surface area contributed by atoms with Crippen LogP contribution in [0.15, 0.2) is 45.6 Å². The summed E-state index contributed by atoms with van der Waals surface area (Å²) in [6.45, 7) is 1.79. The first-order chi connectivity index (χ1) is 11.3. The maximum atomic E-state index is 12.4. The van der Waals surface area contributed by atoms with E-state index in [0.717, 1.165) is 10.9 Å². The molecule has 24 heavy (non-hydrogen) atoms. The Morgan fingerprint density at radius 2 is 1.79 bits per heavy atom. The molecule has 0 atom stereocenters. The van der Waals surface area contributed by atoms with E-state index in [9.17, 15) is 14.7 Å². The summed E-state index contributed by atoms with van der Waals surface area (Å²) >= 11 is 11.7. The monoisotopic (exact) mass is 363 g/mol. The highest BCUT2D eigenvalue weighted by Crippen LogP contribution is 2.34. The van der Waals surface area contributed by atoms with E-state index in [1.807, 2.05) is 0 Å². The fourth-order valence-electron chi connectivity index (χ4n) is 2.31. The lowest BCUT2D eigenvalue weighted by molar-refractivity contribution is 0.102. The van der Waals surface area contributed by atoms with Crippen molar-refractivity contribution in [2.75, 3.05) is 5.32 Å². The Kier molecular flexibility index (Phi) is 4.22. The second kappa shape index (κ2) is 6.19. The number of carbonyl (C=O) groups excluding carboxylic acids is 1. The molecule has 3 aromatic rings. The molecule has 0 aliphatic heterocycles. The maximum Gasteiger partial charge on any atom is 0.336 e. The number of nitrogens with one attached hydrogen (secondary N) is 1. The zero-order chi connectivity index (χ0) is 17.4. The van der Waals surface area contributed by atoms with Gasteiger partial charge in [0, 0.05) is 22.7 Å². The Morgan fingerprint density at radius 3 is 2.46 bits per heavy atom. The molecule has 0 radical (unpaired) electrons. The number of halogens is 2. The first-order valence-electron chi connectivity index (χ1n) is 6.89. The smallest absolute Gasteiger partial charge is 0.336 e. The molecule has 7 heteroatoms. The number of fused-ring (bicyclic) bond motifs is 1. The van der Waals surface area contributed by atoms with Crippen LogP contribution < -0.4 is 10.9 Å². The van der Waals surface area contributed by atoms with Crippen LogP contribution in [-0.2, 0) is 0 Å². The number of aryl methyl sites for hydroxylation is 1. The van der Waals surface area contributed by atoms with Crippen molar-refractivity contribution in [3.05, 3.63) is 68.0 Å². The number of carbonyl (C=O) groups is 1. The van der Waals surface area contributed by atoms with Crippen molar-refractivity contribution in [2.45, 2.75) is 6.92 Å². The molecule has 1 aromatic heterocycles. The van der Waals surface area contributed by atoms with Gasteiger partial charge in [0.15, 0.2) is 5.75 Å². The number of hydrogen-bond donors (Lipinski definition) is 2. The van der Waals surface area contributed by atoms with Gasteiger partial charge in [-0.05, 0) is 36.8 Å². The summed E-state index contributed by atoms with van der Waals surface area (Å²) in [6, 6.07) is 8.97. The Hall–Kier alpha value is -2.50. The second-order valence-electron chi connectivity index (χ2n) is 5.20. The van der Waals surface area contributed by atoms with Gasteiger partial charge < -0.3 is 14.8 Å². The lowest BCUT2D eigenvalue weighted by Crippen LogP contribution is -2.12. The summed E-state index contributed by atoms with van der Waals surface area (Å²) in [5.41, 5.74) is 1.25. The van der Waals surface area contributed by atoms with E-state index in [-0.39, 0.29) is 15.8 Å². The summed E-state index contributed by atoms with van der Waals surface area (Å²) in [7, 11) is 0. The largest absolute Gasteiger partial charge is 0.505 e. The van der Waals surface area contributed by atoms with Crippen LogP contribution in [0.1, 0.15) is 15.9 Å². The predicted octanol–water partition coefficient (Wildman–Crippen LogP) is 4.37. The zero-order valence-corrected chi connectivity index (χ0v) is 13.9. The van der Waals surface area contributed by atoms with Crippen molar-refractivity contribution in [3.63, 3.8) is 0 Å². The van der Waals surface area contributed by atoms with Gasteiger partial charge in [-0.25, -0.2) is 4.79 Å². The van der Waals surface area contributed by atoms with Crippen LogP contribution in [0.5, 0.6) is 5.75 Å². The van der Waals surface area contributed by atoms with Gasteiger partial charge in [0.2, 0.25) is 0 Å². The number of hydrogen-bond acceptors (Lipinski definition) is 4. The average molecular weight is 364 g/mol. The molecule has 0 saturated carbocycles. The SMILES string of the molecule is Cc1cc(=O)oc2cc(C(=O)Nc3cc(Cl)c(O)c(Cl)c3)ccc12. The van der Waals surface area contributed by atoms with Crippen LogP contribution >= 0.6 is 23.2 Å². The first kappa shape index (κ1) is 16.4. The van der Waals surface area contributed by atoms with E-state index in [1.165, 1.54) is 24.3 Å². The highest BCUT2D eigenvalue weighted by Gasteiger charge is 2.12. The summed E-state index contributed by atoms with van der Waals surface area (Å²) in [5, 5.41) is 13.0. The molecular weight excluding hydrogens is 353 g/mol. The van der Waals surface area contributed by atoms with Crippen molar-refractivity contribution < 1.29 is 14.3 Å². The molecule has 0 aliphatic carbocycles. The lowest BCUT2D eigenvalue weighted by atomic mass is 10.1. The van der Waals surface area contributed by atoms with Gasteiger partial charge in [-0.1, -0.05) is 29.3 Å². The molecule has 122 valence electrons. The van der Waals surface area contributed by atoms with Crippen molar-refractivity contribution >= 4 is 45.8 Å². The molecule has 0 aliphatic rings. The fraction of sp³-hybridized carbons (Fsp3) is 0.0588. The van der Waals surface area contributed by atoms with Gasteiger partial charge in [0.25, 0.3) is 5.91 Å². The van der Waals surface area contributed by atoms with E-state index >= 15 is 0 Å². The molecule has 2 N–H and O–H groups in total. The Morgan fingerprint density at radius 1 is 1.12 bits per heavy atom. The van der Waals surface area contributed by atoms with Crippen LogP contribution in [0.4, 0.5) is 5.69 Å². The molecule has 0 fully saturated rings. The molecule has 1 amide bonds. The summed E-state index contributed by atoms with van der Waals surface area (Å²) < 4.78 is 5.13. The van der Waals surface area contributed by atoms with E-state index in [1.54, 1.807) is 19.1 Å². The summed E-state index contributed by atoms with van der Waals surface area (Å²) in [6.07, 6.45) is 0. The Bertz CT molecular complexity index is 1000. The lowest BCUT2D eigenvalue weighted by Gasteiger charge is -2.09. The van der Waals surface area contributed by atoms with E-state index in [2.05, 4.69) is 5.32 Å². The van der Waals surface area contributed by atoms with Crippen molar-refractivity contribution in [2.24, 2.45) is 0 Å². The van der Waals surface area contributed by atoms with Crippen LogP contribution in [0.3, 0.4) is 0 Å². The van der Waals surface area contributed by atoms with E-state index < -0.39 is 11.5 Å². The van der Waals surface area contributed by atoms with Gasteiger partial charge in [-0.3, -0.25) is 4.79 Å². The molecule has 2 aromatic carbocycles. The number of anilines is 1. The third kappa shape index (κ3) is 3.09. The summed E-state index contributed by atoms with van der Waals surface area (Å²) in [4.78, 5) is 23.8. The molecule has 0 bridgehead atoms. The Balaban J connectivity index is 1.96. The molecule has 1 heterocycles. The van der Waals surface area contributed by atoms with E-state index in [0.29, 0.717) is 16.8 Å². The number of rotatable bonds is 2. The van der Waals surface area contributed by atoms with Gasteiger partial charge in [-0.15, -0.1) is 0 Å². The van der Waals surface area contributed by atoms with Gasteiger partial charge >= 0.3 is 5.63 Å². The molecule has 5 nitrogen and oxygen atoms in total. The number of amides is 1. The first-order valence-corrected chi connectivity index (χ1v) is 7.64. The van der Waals surface area contributed by atoms with Crippen LogP contribution in [0.25, 0.3) is 11.0 Å². The van der Waals surface area contributed by atoms with Crippen molar-refractivity contribution in [3.8, 4) is 5.75 Å². The van der Waals surface area contributed by atoms with Crippen LogP contribution in [0, 0.1) is 6.92 Å². The molecule has 0 unspecified atom stereocenters. The normalized spacial score (nSPS) is 10.8. The maximum absolute atomic E-state index is 12.4. The molecular formula is C17H11Cl2NO4.